The summed E-state index contributed by atoms with van der Waals surface area (Å²) in [5.74, 6) is 1.29. The van der Waals surface area contributed by atoms with Crippen LogP contribution < -0.4 is 10.2 Å². The molecule has 23 heavy (non-hydrogen) atoms. The first-order chi connectivity index (χ1) is 11.2. The molecule has 1 unspecified atom stereocenters. The maximum Gasteiger partial charge on any atom is 0.120 e. The molecule has 0 saturated carbocycles. The number of thiophene rings is 1. The van der Waals surface area contributed by atoms with Crippen LogP contribution >= 0.6 is 11.3 Å². The van der Waals surface area contributed by atoms with Gasteiger partial charge in [-0.15, -0.1) is 11.3 Å². The average Bonchev–Trinajstić information content (AvgIpc) is 2.97. The van der Waals surface area contributed by atoms with Crippen molar-refractivity contribution in [3.63, 3.8) is 0 Å². The van der Waals surface area contributed by atoms with Gasteiger partial charge in [0.2, 0.25) is 0 Å². The van der Waals surface area contributed by atoms with Crippen LogP contribution in [0.4, 0.5) is 5.69 Å². The Balaban J connectivity index is 1.81. The van der Waals surface area contributed by atoms with E-state index in [0.29, 0.717) is 5.92 Å². The molecule has 0 aliphatic carbocycles. The zero-order valence-corrected chi connectivity index (χ0v) is 14.2. The third-order valence-corrected chi connectivity index (χ3v) is 5.48. The largest absolute Gasteiger partial charge is 0.497 e. The highest BCUT2D eigenvalue weighted by Gasteiger charge is 2.23. The smallest absolute Gasteiger partial charge is 0.120 e. The molecule has 4 rings (SSSR count). The fraction of sp³-hybridized carbons (Fsp3) is 0.263. The Morgan fingerprint density at radius 1 is 1.17 bits per heavy atom. The molecule has 2 aromatic carbocycles. The number of fused-ring (bicyclic) bond motifs is 2. The minimum absolute atomic E-state index is 0.401. The predicted octanol–water partition coefficient (Wildman–Crippen LogP) is 4.70. The van der Waals surface area contributed by atoms with E-state index in [1.54, 1.807) is 18.4 Å². The number of hydrogen-bond acceptors (Lipinski definition) is 4. The van der Waals surface area contributed by atoms with Gasteiger partial charge in [0, 0.05) is 30.3 Å². The van der Waals surface area contributed by atoms with Crippen molar-refractivity contribution in [3.8, 4) is 5.75 Å². The summed E-state index contributed by atoms with van der Waals surface area (Å²) in [6, 6.07) is 15.4. The third kappa shape index (κ3) is 2.69. The van der Waals surface area contributed by atoms with E-state index in [4.69, 9.17) is 4.74 Å². The van der Waals surface area contributed by atoms with Crippen molar-refractivity contribution in [1.82, 2.24) is 5.01 Å². The van der Waals surface area contributed by atoms with Crippen molar-refractivity contribution >= 4 is 27.1 Å². The van der Waals surface area contributed by atoms with E-state index in [-0.39, 0.29) is 0 Å². The highest BCUT2D eigenvalue weighted by atomic mass is 32.1. The van der Waals surface area contributed by atoms with Gasteiger partial charge >= 0.3 is 0 Å². The second kappa shape index (κ2) is 5.87. The van der Waals surface area contributed by atoms with Gasteiger partial charge in [-0.25, -0.2) is 5.01 Å². The van der Waals surface area contributed by atoms with Crippen molar-refractivity contribution in [2.24, 2.45) is 0 Å². The van der Waals surface area contributed by atoms with E-state index in [9.17, 15) is 0 Å². The second-order valence-corrected chi connectivity index (χ2v) is 6.99. The van der Waals surface area contributed by atoms with E-state index < -0.39 is 0 Å². The van der Waals surface area contributed by atoms with E-state index in [1.807, 2.05) is 0 Å². The Morgan fingerprint density at radius 2 is 2.09 bits per heavy atom. The van der Waals surface area contributed by atoms with Crippen LogP contribution in [-0.4, -0.2) is 25.7 Å². The van der Waals surface area contributed by atoms with Crippen molar-refractivity contribution in [2.75, 3.05) is 26.1 Å². The molecule has 0 fully saturated rings. The molecule has 4 heteroatoms. The number of anilines is 1. The number of hydrazine groups is 1. The van der Waals surface area contributed by atoms with Crippen LogP contribution in [0.25, 0.3) is 10.1 Å². The number of nitrogens with one attached hydrogen (secondary N) is 1. The van der Waals surface area contributed by atoms with Crippen LogP contribution in [-0.2, 0) is 0 Å². The monoisotopic (exact) mass is 324 g/mol. The molecule has 1 aromatic heterocycles. The number of rotatable bonds is 2. The molecule has 0 radical (unpaired) electrons. The molecular weight excluding hydrogens is 304 g/mol. The lowest BCUT2D eigenvalue weighted by Gasteiger charge is -2.18. The Kier molecular flexibility index (Phi) is 3.71. The van der Waals surface area contributed by atoms with Gasteiger partial charge in [0.05, 0.1) is 12.8 Å². The summed E-state index contributed by atoms with van der Waals surface area (Å²) in [5.41, 5.74) is 7.35. The first-order valence-electron chi connectivity index (χ1n) is 7.87. The van der Waals surface area contributed by atoms with Gasteiger partial charge in [0.25, 0.3) is 0 Å². The Bertz CT molecular complexity index is 842. The molecule has 0 saturated heterocycles. The molecule has 0 bridgehead atoms. The van der Waals surface area contributed by atoms with Gasteiger partial charge in [0.15, 0.2) is 0 Å². The van der Waals surface area contributed by atoms with Crippen LogP contribution in [0.3, 0.4) is 0 Å². The summed E-state index contributed by atoms with van der Waals surface area (Å²) in [6.07, 6.45) is 1.10. The number of hydrogen-bond donors (Lipinski definition) is 1. The maximum absolute atomic E-state index is 5.39. The van der Waals surface area contributed by atoms with Gasteiger partial charge in [-0.05, 0) is 52.6 Å². The van der Waals surface area contributed by atoms with E-state index >= 15 is 0 Å². The fourth-order valence-corrected chi connectivity index (χ4v) is 4.12. The minimum Gasteiger partial charge on any atom is -0.497 e. The Morgan fingerprint density at radius 3 is 2.96 bits per heavy atom. The molecule has 0 spiro atoms. The molecule has 0 amide bonds. The van der Waals surface area contributed by atoms with Crippen LogP contribution in [0.15, 0.2) is 47.8 Å². The first-order valence-corrected chi connectivity index (χ1v) is 8.75. The molecule has 1 N–H and O–H groups in total. The first kappa shape index (κ1) is 14.5. The lowest BCUT2D eigenvalue weighted by Crippen LogP contribution is -2.25. The molecule has 1 aliphatic heterocycles. The molecule has 3 aromatic rings. The van der Waals surface area contributed by atoms with Gasteiger partial charge in [-0.3, -0.25) is 0 Å². The molecule has 2 heterocycles. The van der Waals surface area contributed by atoms with Crippen molar-refractivity contribution < 1.29 is 4.74 Å². The molecule has 118 valence electrons. The maximum atomic E-state index is 5.39. The lowest BCUT2D eigenvalue weighted by atomic mass is 9.87. The third-order valence-electron chi connectivity index (χ3n) is 4.58. The highest BCUT2D eigenvalue weighted by Crippen LogP contribution is 2.38. The van der Waals surface area contributed by atoms with E-state index in [0.717, 1.165) is 24.4 Å². The van der Waals surface area contributed by atoms with Gasteiger partial charge in [-0.1, -0.05) is 12.1 Å². The quantitative estimate of drug-likeness (QED) is 0.739. The number of nitrogens with zero attached hydrogens (tertiary/aromatic N) is 1. The summed E-state index contributed by atoms with van der Waals surface area (Å²) >= 11 is 1.80. The minimum atomic E-state index is 0.401. The number of ether oxygens (including phenoxy) is 1. The van der Waals surface area contributed by atoms with Crippen molar-refractivity contribution in [2.45, 2.75) is 12.3 Å². The van der Waals surface area contributed by atoms with E-state index in [2.05, 4.69) is 65.3 Å². The number of methoxy groups -OCH3 is 1. The van der Waals surface area contributed by atoms with E-state index in [1.165, 1.54) is 21.2 Å². The summed E-state index contributed by atoms with van der Waals surface area (Å²) in [7, 11) is 3.80. The summed E-state index contributed by atoms with van der Waals surface area (Å²) in [4.78, 5) is 0. The fourth-order valence-electron chi connectivity index (χ4n) is 3.35. The summed E-state index contributed by atoms with van der Waals surface area (Å²) in [5, 5.41) is 5.66. The van der Waals surface area contributed by atoms with Gasteiger partial charge in [-0.2, -0.15) is 0 Å². The zero-order chi connectivity index (χ0) is 15.8. The lowest BCUT2D eigenvalue weighted by molar-refractivity contribution is 0.394. The summed E-state index contributed by atoms with van der Waals surface area (Å²) < 4.78 is 6.74. The molecule has 1 atom stereocenters. The normalized spacial score (nSPS) is 18.3. The van der Waals surface area contributed by atoms with Crippen LogP contribution in [0.5, 0.6) is 5.75 Å². The molecule has 3 nitrogen and oxygen atoms in total. The van der Waals surface area contributed by atoms with Crippen LogP contribution in [0, 0.1) is 0 Å². The Hall–Kier alpha value is -2.04. The van der Waals surface area contributed by atoms with Crippen molar-refractivity contribution in [3.05, 3.63) is 59.0 Å². The predicted molar refractivity (Wildman–Crippen MR) is 97.5 cm³/mol. The zero-order valence-electron chi connectivity index (χ0n) is 13.4. The highest BCUT2D eigenvalue weighted by molar-refractivity contribution is 7.17. The molecule has 1 aliphatic rings. The number of benzene rings is 2. The van der Waals surface area contributed by atoms with Crippen LogP contribution in [0.2, 0.25) is 0 Å². The standard InChI is InChI=1S/C19H20N2OS/c1-21-9-7-16(13-3-6-19-14(11-13)8-10-23-19)17-5-4-15(22-2)12-18(17)20-21/h3-6,8,10-12,16,20H,7,9H2,1-2H3. The topological polar surface area (TPSA) is 24.5 Å². The van der Waals surface area contributed by atoms with Crippen molar-refractivity contribution in [1.29, 1.82) is 0 Å². The van der Waals surface area contributed by atoms with Gasteiger partial charge < -0.3 is 10.2 Å². The van der Waals surface area contributed by atoms with Crippen LogP contribution in [0.1, 0.15) is 23.5 Å². The molecular formula is C19H20N2OS. The summed E-state index contributed by atoms with van der Waals surface area (Å²) in [6.45, 7) is 1.00. The SMILES string of the molecule is COc1ccc2c(c1)NN(C)CCC2c1ccc2sccc2c1. The second-order valence-electron chi connectivity index (χ2n) is 6.05. The average molecular weight is 324 g/mol. The van der Waals surface area contributed by atoms with Gasteiger partial charge in [0.1, 0.15) is 5.75 Å². The Labute approximate surface area is 140 Å².